The van der Waals surface area contributed by atoms with E-state index >= 15 is 0 Å². The zero-order chi connectivity index (χ0) is 34.7. The van der Waals surface area contributed by atoms with Gasteiger partial charge in [0.1, 0.15) is 13.9 Å². The van der Waals surface area contributed by atoms with E-state index in [1.165, 1.54) is 89.1 Å². The summed E-state index contributed by atoms with van der Waals surface area (Å²) in [4.78, 5) is 5.12. The lowest BCUT2D eigenvalue weighted by atomic mass is 9.33. The predicted octanol–water partition coefficient (Wildman–Crippen LogP) is 8.82. The van der Waals surface area contributed by atoms with Crippen molar-refractivity contribution in [2.24, 2.45) is 0 Å². The monoisotopic (exact) mass is 681 g/mol. The van der Waals surface area contributed by atoms with Gasteiger partial charge in [0, 0.05) is 34.1 Å². The Labute approximate surface area is 306 Å². The molecule has 0 amide bonds. The lowest BCUT2D eigenvalue weighted by Crippen LogP contribution is -2.68. The molecule has 0 unspecified atom stereocenters. The van der Waals surface area contributed by atoms with E-state index < -0.39 is 8.07 Å². The Morgan fingerprint density at radius 2 is 1.04 bits per heavy atom. The molecule has 0 aliphatic carbocycles. The van der Waals surface area contributed by atoms with Crippen molar-refractivity contribution in [3.05, 3.63) is 169 Å². The molecular weight excluding hydrogens is 645 g/mol. The predicted molar refractivity (Wildman–Crippen MR) is 224 cm³/mol. The summed E-state index contributed by atoms with van der Waals surface area (Å²) in [6.07, 6.45) is 0. The van der Waals surface area contributed by atoms with Gasteiger partial charge in [0.25, 0.3) is 6.71 Å². The molecule has 0 radical (unpaired) electrons. The largest absolute Gasteiger partial charge is 0.311 e. The van der Waals surface area contributed by atoms with E-state index in [0.29, 0.717) is 0 Å². The summed E-state index contributed by atoms with van der Waals surface area (Å²) in [7, 11) is -2.20. The number of nitrogens with zero attached hydrogens (tertiary/aromatic N) is 3. The second-order valence-electron chi connectivity index (χ2n) is 15.1. The zero-order valence-corrected chi connectivity index (χ0v) is 30.5. The summed E-state index contributed by atoms with van der Waals surface area (Å²) in [5.74, 6) is 1.26. The minimum atomic E-state index is -2.20. The van der Waals surface area contributed by atoms with Crippen LogP contribution >= 0.6 is 0 Å². The summed E-state index contributed by atoms with van der Waals surface area (Å²) in [5, 5.41) is 5.61. The van der Waals surface area contributed by atoms with E-state index in [1.807, 2.05) is 0 Å². The highest BCUT2D eigenvalue weighted by molar-refractivity contribution is 7.11. The highest BCUT2D eigenvalue weighted by Gasteiger charge is 2.52. The number of para-hydroxylation sites is 3. The number of fused-ring (bicyclic) bond motifs is 9. The first-order valence-electron chi connectivity index (χ1n) is 18.3. The van der Waals surface area contributed by atoms with Gasteiger partial charge in [-0.2, -0.15) is 0 Å². The molecule has 7 aromatic carbocycles. The van der Waals surface area contributed by atoms with Crippen molar-refractivity contribution in [2.75, 3.05) is 9.80 Å². The first-order chi connectivity index (χ1) is 25.5. The maximum atomic E-state index is 2.62. The summed E-state index contributed by atoms with van der Waals surface area (Å²) < 4.78 is 2.62. The molecule has 3 nitrogen and oxygen atoms in total. The van der Waals surface area contributed by atoms with Crippen molar-refractivity contribution < 1.29 is 0 Å². The van der Waals surface area contributed by atoms with Gasteiger partial charge in [0.2, 0.25) is 0 Å². The molecule has 0 fully saturated rings. The van der Waals surface area contributed by atoms with Gasteiger partial charge in [-0.1, -0.05) is 122 Å². The van der Waals surface area contributed by atoms with Crippen molar-refractivity contribution in [1.29, 1.82) is 0 Å². The molecule has 4 heterocycles. The maximum absolute atomic E-state index is 2.62. The van der Waals surface area contributed by atoms with Gasteiger partial charge in [0.05, 0.1) is 5.69 Å². The summed E-state index contributed by atoms with van der Waals surface area (Å²) >= 11 is 0. The highest BCUT2D eigenvalue weighted by Crippen LogP contribution is 2.48. The van der Waals surface area contributed by atoms with Gasteiger partial charge >= 0.3 is 0 Å². The molecule has 1 aromatic heterocycles. The number of anilines is 6. The molecular formula is C47H36BN3Si. The summed E-state index contributed by atoms with van der Waals surface area (Å²) in [6.45, 7) is 7.45. The molecule has 0 saturated carbocycles. The fourth-order valence-corrected chi connectivity index (χ4v) is 13.1. The molecule has 0 spiro atoms. The van der Waals surface area contributed by atoms with E-state index in [4.69, 9.17) is 0 Å². The summed E-state index contributed by atoms with van der Waals surface area (Å²) in [6, 6.07) is 61.0. The van der Waals surface area contributed by atoms with Crippen LogP contribution in [0.2, 0.25) is 13.1 Å². The molecule has 5 heteroatoms. The molecule has 0 atom stereocenters. The SMILES string of the molecule is Cc1cc2c3c(c1)N(c1ccccc1)c1c(c4c(n1-c1ccccc1)-c1ccccc1[Si]4(C)C)B3c1cc3ccccc3cc1N2c1ccccc1. The molecule has 0 saturated heterocycles. The Morgan fingerprint density at radius 1 is 0.500 bits per heavy atom. The first kappa shape index (κ1) is 29.7. The van der Waals surface area contributed by atoms with Crippen molar-refractivity contribution in [1.82, 2.24) is 4.57 Å². The third kappa shape index (κ3) is 3.92. The maximum Gasteiger partial charge on any atom is 0.254 e. The summed E-state index contributed by atoms with van der Waals surface area (Å²) in [5.41, 5.74) is 15.5. The molecule has 246 valence electrons. The van der Waals surface area contributed by atoms with E-state index in [1.54, 1.807) is 5.19 Å². The lowest BCUT2D eigenvalue weighted by Gasteiger charge is -2.44. The first-order valence-corrected chi connectivity index (χ1v) is 21.3. The van der Waals surface area contributed by atoms with Crippen LogP contribution in [0.1, 0.15) is 5.56 Å². The van der Waals surface area contributed by atoms with Crippen LogP contribution in [0.5, 0.6) is 0 Å². The Hall–Kier alpha value is -6.04. The lowest BCUT2D eigenvalue weighted by molar-refractivity contribution is 1.05. The standard InChI is InChI=1S/C47H36BN3Si/c1-31-27-40-43-41(28-31)50(35-21-9-5-10-22-35)47-44(46-45(51(47)36-23-11-6-12-24-36)37-25-15-16-26-42(37)52(46,2)3)48(43)38-29-32-17-13-14-18-33(32)30-39(38)49(40)34-19-7-4-8-20-34/h4-30H,1-3H3. The fraction of sp³-hybridized carbons (Fsp3) is 0.0638. The van der Waals surface area contributed by atoms with Crippen molar-refractivity contribution in [3.63, 3.8) is 0 Å². The van der Waals surface area contributed by atoms with Crippen LogP contribution in [0, 0.1) is 6.92 Å². The van der Waals surface area contributed by atoms with Gasteiger partial charge < -0.3 is 4.90 Å². The molecule has 52 heavy (non-hydrogen) atoms. The molecule has 3 aliphatic rings. The Kier molecular flexibility index (Phi) is 6.13. The number of hydrogen-bond acceptors (Lipinski definition) is 2. The van der Waals surface area contributed by atoms with Gasteiger partial charge in [0.15, 0.2) is 0 Å². The zero-order valence-electron chi connectivity index (χ0n) is 29.5. The minimum Gasteiger partial charge on any atom is -0.311 e. The quantitative estimate of drug-likeness (QED) is 0.173. The van der Waals surface area contributed by atoms with Crippen molar-refractivity contribution >= 4 is 86.6 Å². The van der Waals surface area contributed by atoms with Crippen molar-refractivity contribution in [2.45, 2.75) is 20.0 Å². The Balaban J connectivity index is 1.36. The number of rotatable bonds is 3. The van der Waals surface area contributed by atoms with E-state index in [9.17, 15) is 0 Å². The average Bonchev–Trinajstić information content (AvgIpc) is 3.65. The smallest absolute Gasteiger partial charge is 0.254 e. The van der Waals surface area contributed by atoms with Crippen molar-refractivity contribution in [3.8, 4) is 16.9 Å². The number of hydrogen-bond donors (Lipinski definition) is 0. The second kappa shape index (κ2) is 10.7. The van der Waals surface area contributed by atoms with Gasteiger partial charge in [-0.3, -0.25) is 9.47 Å². The molecule has 11 rings (SSSR count). The topological polar surface area (TPSA) is 11.4 Å². The van der Waals surface area contributed by atoms with Gasteiger partial charge in [-0.15, -0.1) is 0 Å². The second-order valence-corrected chi connectivity index (χ2v) is 19.3. The fourth-order valence-electron chi connectivity index (χ4n) is 9.65. The average molecular weight is 682 g/mol. The molecule has 3 aliphatic heterocycles. The van der Waals surface area contributed by atoms with E-state index in [-0.39, 0.29) is 6.71 Å². The van der Waals surface area contributed by atoms with Gasteiger partial charge in [-0.05, 0) is 110 Å². The van der Waals surface area contributed by atoms with Crippen LogP contribution < -0.4 is 36.6 Å². The molecule has 0 N–H and O–H groups in total. The van der Waals surface area contributed by atoms with Crippen LogP contribution in [0.15, 0.2) is 164 Å². The van der Waals surface area contributed by atoms with Crippen LogP contribution in [-0.4, -0.2) is 19.4 Å². The Morgan fingerprint density at radius 3 is 1.71 bits per heavy atom. The van der Waals surface area contributed by atoms with Crippen LogP contribution in [-0.2, 0) is 0 Å². The van der Waals surface area contributed by atoms with Crippen LogP contribution in [0.25, 0.3) is 27.7 Å². The van der Waals surface area contributed by atoms with Crippen LogP contribution in [0.3, 0.4) is 0 Å². The highest BCUT2D eigenvalue weighted by atomic mass is 28.3. The minimum absolute atomic E-state index is 0.0416. The third-order valence-corrected chi connectivity index (χ3v) is 15.2. The van der Waals surface area contributed by atoms with Gasteiger partial charge in [-0.25, -0.2) is 0 Å². The molecule has 0 bridgehead atoms. The van der Waals surface area contributed by atoms with E-state index in [0.717, 1.165) is 0 Å². The number of aryl methyl sites for hydroxylation is 1. The van der Waals surface area contributed by atoms with Crippen LogP contribution in [0.4, 0.5) is 34.3 Å². The Bertz CT molecular complexity index is 2740. The number of aromatic nitrogens is 1. The molecule has 8 aromatic rings. The number of benzene rings is 7. The normalized spacial score (nSPS) is 14.5. The third-order valence-electron chi connectivity index (χ3n) is 11.7. The van der Waals surface area contributed by atoms with E-state index in [2.05, 4.69) is 198 Å².